The molecule has 4 aromatic rings. The van der Waals surface area contributed by atoms with Crippen LogP contribution in [0.1, 0.15) is 28.5 Å². The van der Waals surface area contributed by atoms with Gasteiger partial charge in [0, 0.05) is 31.9 Å². The van der Waals surface area contributed by atoms with Crippen molar-refractivity contribution >= 4 is 5.91 Å². The van der Waals surface area contributed by atoms with Gasteiger partial charge < -0.3 is 4.90 Å². The predicted octanol–water partition coefficient (Wildman–Crippen LogP) is 3.57. The van der Waals surface area contributed by atoms with Crippen LogP contribution in [0.5, 0.6) is 0 Å². The monoisotopic (exact) mass is 455 g/mol. The number of hydrogen-bond acceptors (Lipinski definition) is 5. The van der Waals surface area contributed by atoms with Gasteiger partial charge in [-0.2, -0.15) is 33.3 Å². The Morgan fingerprint density at radius 1 is 1.06 bits per heavy atom. The predicted molar refractivity (Wildman–Crippen MR) is 113 cm³/mol. The van der Waals surface area contributed by atoms with E-state index in [-0.39, 0.29) is 11.7 Å². The van der Waals surface area contributed by atoms with Crippen LogP contribution < -0.4 is 0 Å². The van der Waals surface area contributed by atoms with Gasteiger partial charge in [-0.15, -0.1) is 0 Å². The Labute approximate surface area is 187 Å². The van der Waals surface area contributed by atoms with Crippen LogP contribution in [0.25, 0.3) is 11.5 Å². The largest absolute Gasteiger partial charge is 0.416 e. The zero-order valence-corrected chi connectivity index (χ0v) is 17.6. The molecule has 8 nitrogen and oxygen atoms in total. The first-order valence-corrected chi connectivity index (χ1v) is 10.2. The minimum absolute atomic E-state index is 0.0696. The van der Waals surface area contributed by atoms with Crippen LogP contribution in [0.3, 0.4) is 0 Å². The maximum Gasteiger partial charge on any atom is 0.416 e. The summed E-state index contributed by atoms with van der Waals surface area (Å²) in [6.07, 6.45) is 1.69. The van der Waals surface area contributed by atoms with Crippen LogP contribution in [0, 0.1) is 0 Å². The molecule has 0 aliphatic heterocycles. The van der Waals surface area contributed by atoms with Crippen molar-refractivity contribution in [2.24, 2.45) is 0 Å². The lowest BCUT2D eigenvalue weighted by molar-refractivity contribution is -0.137. The van der Waals surface area contributed by atoms with E-state index >= 15 is 0 Å². The molecule has 0 unspecified atom stereocenters. The fourth-order valence-corrected chi connectivity index (χ4v) is 3.33. The van der Waals surface area contributed by atoms with Crippen molar-refractivity contribution in [3.05, 3.63) is 84.1 Å². The number of rotatable bonds is 7. The van der Waals surface area contributed by atoms with E-state index in [4.69, 9.17) is 0 Å². The van der Waals surface area contributed by atoms with E-state index in [0.717, 1.165) is 18.3 Å². The van der Waals surface area contributed by atoms with Crippen molar-refractivity contribution in [2.45, 2.75) is 19.5 Å². The number of pyridine rings is 1. The van der Waals surface area contributed by atoms with Gasteiger partial charge >= 0.3 is 6.18 Å². The number of benzene rings is 1. The summed E-state index contributed by atoms with van der Waals surface area (Å²) in [4.78, 5) is 20.2. The minimum atomic E-state index is -4.46. The average molecular weight is 455 g/mol. The second-order valence-electron chi connectivity index (χ2n) is 7.12. The molecule has 0 atom stereocenters. The topological polar surface area (TPSA) is 81.7 Å². The maximum atomic E-state index is 13.2. The number of halogens is 3. The van der Waals surface area contributed by atoms with Crippen molar-refractivity contribution in [1.29, 1.82) is 0 Å². The molecule has 3 heterocycles. The molecule has 0 N–H and O–H groups in total. The highest BCUT2D eigenvalue weighted by Crippen LogP contribution is 2.29. The molecule has 170 valence electrons. The van der Waals surface area contributed by atoms with Gasteiger partial charge in [0.1, 0.15) is 0 Å². The van der Waals surface area contributed by atoms with Crippen molar-refractivity contribution in [2.75, 3.05) is 13.1 Å². The molecular formula is C22H20F3N7O. The smallest absolute Gasteiger partial charge is 0.338 e. The van der Waals surface area contributed by atoms with Crippen LogP contribution in [0.2, 0.25) is 0 Å². The molecule has 11 heteroatoms. The lowest BCUT2D eigenvalue weighted by Gasteiger charge is -2.21. The molecule has 0 bridgehead atoms. The first-order valence-electron chi connectivity index (χ1n) is 10.2. The third kappa shape index (κ3) is 4.92. The molecule has 33 heavy (non-hydrogen) atoms. The SMILES string of the molecule is CCN(CCc1ccn(-c2cc(C(F)(F)F)ccn2)n1)C(=O)c1ccccc1-n1nccn1. The van der Waals surface area contributed by atoms with E-state index in [0.29, 0.717) is 36.5 Å². The third-order valence-electron chi connectivity index (χ3n) is 5.03. The third-order valence-corrected chi connectivity index (χ3v) is 5.03. The molecule has 1 aromatic carbocycles. The Kier molecular flexibility index (Phi) is 6.20. The summed E-state index contributed by atoms with van der Waals surface area (Å²) in [5, 5.41) is 12.5. The van der Waals surface area contributed by atoms with Gasteiger partial charge in [0.2, 0.25) is 0 Å². The van der Waals surface area contributed by atoms with Crippen LogP contribution in [0.4, 0.5) is 13.2 Å². The number of nitrogens with zero attached hydrogens (tertiary/aromatic N) is 7. The standard InChI is InChI=1S/C22H20F3N7O/c1-2-30(21(33)18-5-3-4-6-19(18)32-27-11-12-28-32)13-8-17-9-14-31(29-17)20-15-16(7-10-26-20)22(23,24)25/h3-7,9-12,14-15H,2,8,13H2,1H3. The van der Waals surface area contributed by atoms with Crippen molar-refractivity contribution in [1.82, 2.24) is 34.7 Å². The molecule has 3 aromatic heterocycles. The lowest BCUT2D eigenvalue weighted by Crippen LogP contribution is -2.33. The molecule has 4 rings (SSSR count). The maximum absolute atomic E-state index is 13.2. The Morgan fingerprint density at radius 2 is 1.82 bits per heavy atom. The number of aromatic nitrogens is 6. The summed E-state index contributed by atoms with van der Waals surface area (Å²) in [7, 11) is 0. The lowest BCUT2D eigenvalue weighted by atomic mass is 10.1. The molecule has 0 saturated carbocycles. The fourth-order valence-electron chi connectivity index (χ4n) is 3.33. The Balaban J connectivity index is 1.48. The highest BCUT2D eigenvalue weighted by Gasteiger charge is 2.31. The van der Waals surface area contributed by atoms with Crippen molar-refractivity contribution in [3.63, 3.8) is 0 Å². The van der Waals surface area contributed by atoms with E-state index in [9.17, 15) is 18.0 Å². The van der Waals surface area contributed by atoms with E-state index in [1.54, 1.807) is 41.4 Å². The summed E-state index contributed by atoms with van der Waals surface area (Å²) in [6.45, 7) is 2.72. The van der Waals surface area contributed by atoms with E-state index in [1.807, 2.05) is 6.92 Å². The summed E-state index contributed by atoms with van der Waals surface area (Å²) >= 11 is 0. The molecule has 0 aliphatic rings. The quantitative estimate of drug-likeness (QED) is 0.426. The number of alkyl halides is 3. The second kappa shape index (κ2) is 9.23. The zero-order chi connectivity index (χ0) is 23.4. The first kappa shape index (κ1) is 22.2. The van der Waals surface area contributed by atoms with Gasteiger partial charge in [0.05, 0.1) is 34.9 Å². The van der Waals surface area contributed by atoms with Crippen molar-refractivity contribution < 1.29 is 18.0 Å². The van der Waals surface area contributed by atoms with Crippen LogP contribution in [-0.2, 0) is 12.6 Å². The molecule has 0 aliphatic carbocycles. The highest BCUT2D eigenvalue weighted by molar-refractivity contribution is 5.97. The number of para-hydroxylation sites is 1. The van der Waals surface area contributed by atoms with Gasteiger partial charge in [0.25, 0.3) is 5.91 Å². The molecule has 0 fully saturated rings. The Morgan fingerprint density at radius 3 is 2.55 bits per heavy atom. The summed E-state index contributed by atoms with van der Waals surface area (Å²) < 4.78 is 40.2. The normalized spacial score (nSPS) is 11.5. The van der Waals surface area contributed by atoms with Crippen LogP contribution >= 0.6 is 0 Å². The van der Waals surface area contributed by atoms with Crippen molar-refractivity contribution in [3.8, 4) is 11.5 Å². The average Bonchev–Trinajstić information content (AvgIpc) is 3.51. The van der Waals surface area contributed by atoms with Gasteiger partial charge in [-0.1, -0.05) is 12.1 Å². The Bertz CT molecular complexity index is 1230. The number of amides is 1. The van der Waals surface area contributed by atoms with E-state index < -0.39 is 11.7 Å². The minimum Gasteiger partial charge on any atom is -0.338 e. The summed E-state index contributed by atoms with van der Waals surface area (Å²) in [6, 6.07) is 10.6. The molecule has 0 spiro atoms. The second-order valence-corrected chi connectivity index (χ2v) is 7.12. The van der Waals surface area contributed by atoms with Crippen LogP contribution in [0.15, 0.2) is 67.3 Å². The highest BCUT2D eigenvalue weighted by atomic mass is 19.4. The molecule has 1 amide bonds. The zero-order valence-electron chi connectivity index (χ0n) is 17.6. The van der Waals surface area contributed by atoms with Gasteiger partial charge in [-0.05, 0) is 37.3 Å². The van der Waals surface area contributed by atoms with E-state index in [2.05, 4.69) is 20.3 Å². The first-order chi connectivity index (χ1) is 15.9. The number of carbonyl (C=O) groups is 1. The summed E-state index contributed by atoms with van der Waals surface area (Å²) in [5.74, 6) is -0.107. The molecule has 0 saturated heterocycles. The van der Waals surface area contributed by atoms with Gasteiger partial charge in [0.15, 0.2) is 5.82 Å². The number of carbonyl (C=O) groups excluding carboxylic acids is 1. The Hall–Kier alpha value is -4.02. The molecular weight excluding hydrogens is 435 g/mol. The van der Waals surface area contributed by atoms with Gasteiger partial charge in [-0.3, -0.25) is 4.79 Å². The van der Waals surface area contributed by atoms with Gasteiger partial charge in [-0.25, -0.2) is 9.67 Å². The number of likely N-dealkylation sites (N-methyl/N-ethyl adjacent to an activating group) is 1. The number of hydrogen-bond donors (Lipinski definition) is 0. The summed E-state index contributed by atoms with van der Waals surface area (Å²) in [5.41, 5.74) is 0.875. The van der Waals surface area contributed by atoms with E-state index in [1.165, 1.54) is 21.9 Å². The molecule has 0 radical (unpaired) electrons. The van der Waals surface area contributed by atoms with Crippen LogP contribution in [-0.4, -0.2) is 53.7 Å². The fraction of sp³-hybridized carbons (Fsp3) is 0.227.